The molecular formula is C13H14BrN3O2. The highest BCUT2D eigenvalue weighted by Gasteiger charge is 2.34. The van der Waals surface area contributed by atoms with Gasteiger partial charge in [-0.1, -0.05) is 0 Å². The molecule has 0 aliphatic heterocycles. The highest BCUT2D eigenvalue weighted by Crippen LogP contribution is 2.31. The second-order valence-electron chi connectivity index (χ2n) is 4.73. The van der Waals surface area contributed by atoms with E-state index in [1.807, 2.05) is 22.7 Å². The molecule has 3 rings (SSSR count). The van der Waals surface area contributed by atoms with Gasteiger partial charge in [-0.2, -0.15) is 0 Å². The van der Waals surface area contributed by atoms with Gasteiger partial charge in [0.1, 0.15) is 5.82 Å². The molecule has 0 aromatic carbocycles. The Morgan fingerprint density at radius 2 is 2.42 bits per heavy atom. The maximum atomic E-state index is 12.5. The van der Waals surface area contributed by atoms with E-state index in [0.717, 1.165) is 18.7 Å². The van der Waals surface area contributed by atoms with Crippen molar-refractivity contribution in [3.8, 4) is 0 Å². The second kappa shape index (κ2) is 4.85. The summed E-state index contributed by atoms with van der Waals surface area (Å²) < 4.78 is 7.57. The van der Waals surface area contributed by atoms with Crippen LogP contribution < -0.4 is 0 Å². The van der Waals surface area contributed by atoms with E-state index in [2.05, 4.69) is 20.9 Å². The van der Waals surface area contributed by atoms with Gasteiger partial charge < -0.3 is 13.9 Å². The normalized spacial score (nSPS) is 14.6. The second-order valence-corrected chi connectivity index (χ2v) is 5.45. The van der Waals surface area contributed by atoms with Crippen LogP contribution in [0.4, 0.5) is 0 Å². The van der Waals surface area contributed by atoms with Crippen LogP contribution in [0.15, 0.2) is 33.8 Å². The van der Waals surface area contributed by atoms with Crippen molar-refractivity contribution in [2.24, 2.45) is 7.05 Å². The zero-order valence-electron chi connectivity index (χ0n) is 10.5. The Morgan fingerprint density at radius 1 is 1.63 bits per heavy atom. The van der Waals surface area contributed by atoms with E-state index >= 15 is 0 Å². The monoisotopic (exact) mass is 323 g/mol. The van der Waals surface area contributed by atoms with Crippen LogP contribution >= 0.6 is 15.9 Å². The number of nitrogens with zero attached hydrogens (tertiary/aromatic N) is 3. The van der Waals surface area contributed by atoms with Gasteiger partial charge in [0.2, 0.25) is 0 Å². The molecule has 0 radical (unpaired) electrons. The predicted octanol–water partition coefficient (Wildman–Crippen LogP) is 2.58. The lowest BCUT2D eigenvalue weighted by atomic mass is 10.3. The summed E-state index contributed by atoms with van der Waals surface area (Å²) in [5.41, 5.74) is 0.570. The van der Waals surface area contributed by atoms with Gasteiger partial charge in [-0.25, -0.2) is 4.98 Å². The van der Waals surface area contributed by atoms with Gasteiger partial charge in [0.15, 0.2) is 4.67 Å². The third kappa shape index (κ3) is 2.45. The highest BCUT2D eigenvalue weighted by molar-refractivity contribution is 9.10. The van der Waals surface area contributed by atoms with Crippen molar-refractivity contribution in [2.75, 3.05) is 0 Å². The molecule has 1 amide bonds. The van der Waals surface area contributed by atoms with E-state index in [0.29, 0.717) is 22.8 Å². The van der Waals surface area contributed by atoms with Crippen molar-refractivity contribution in [1.82, 2.24) is 14.5 Å². The Balaban J connectivity index is 1.84. The molecule has 1 aliphatic rings. The molecule has 5 nitrogen and oxygen atoms in total. The minimum absolute atomic E-state index is 0.00822. The molecule has 6 heteroatoms. The van der Waals surface area contributed by atoms with E-state index in [1.54, 1.807) is 12.3 Å². The van der Waals surface area contributed by atoms with Gasteiger partial charge in [-0.3, -0.25) is 4.79 Å². The summed E-state index contributed by atoms with van der Waals surface area (Å²) >= 11 is 3.26. The summed E-state index contributed by atoms with van der Waals surface area (Å²) in [6.07, 6.45) is 7.28. The fraction of sp³-hybridized carbons (Fsp3) is 0.385. The third-order valence-corrected chi connectivity index (χ3v) is 3.94. The Hall–Kier alpha value is -1.56. The van der Waals surface area contributed by atoms with E-state index in [1.165, 1.54) is 6.26 Å². The van der Waals surface area contributed by atoms with E-state index in [9.17, 15) is 4.79 Å². The van der Waals surface area contributed by atoms with E-state index < -0.39 is 0 Å². The molecule has 2 aromatic rings. The summed E-state index contributed by atoms with van der Waals surface area (Å²) in [5, 5.41) is 0. The molecule has 0 saturated heterocycles. The number of rotatable bonds is 4. The molecule has 2 heterocycles. The average molecular weight is 324 g/mol. The SMILES string of the molecule is Cn1ccnc1CN(C(=O)c1ccoc1Br)C1CC1. The fourth-order valence-electron chi connectivity index (χ4n) is 2.06. The third-order valence-electron chi connectivity index (χ3n) is 3.33. The fourth-order valence-corrected chi connectivity index (χ4v) is 2.46. The Kier molecular flexibility index (Phi) is 3.18. The number of amides is 1. The largest absolute Gasteiger partial charge is 0.457 e. The van der Waals surface area contributed by atoms with Crippen molar-refractivity contribution in [2.45, 2.75) is 25.4 Å². The minimum Gasteiger partial charge on any atom is -0.457 e. The molecular weight excluding hydrogens is 310 g/mol. The van der Waals surface area contributed by atoms with Crippen LogP contribution in [0.1, 0.15) is 29.0 Å². The minimum atomic E-state index is -0.00822. The first-order valence-corrected chi connectivity index (χ1v) is 6.96. The Bertz CT molecular complexity index is 601. The molecule has 19 heavy (non-hydrogen) atoms. The van der Waals surface area contributed by atoms with Gasteiger partial charge in [-0.05, 0) is 34.8 Å². The first kappa shape index (κ1) is 12.5. The number of hydrogen-bond acceptors (Lipinski definition) is 3. The van der Waals surface area contributed by atoms with Crippen molar-refractivity contribution in [1.29, 1.82) is 0 Å². The van der Waals surface area contributed by atoms with Crippen LogP contribution in [0, 0.1) is 0 Å². The zero-order valence-corrected chi connectivity index (χ0v) is 12.1. The van der Waals surface area contributed by atoms with E-state index in [-0.39, 0.29) is 5.91 Å². The molecule has 0 atom stereocenters. The number of hydrogen-bond donors (Lipinski definition) is 0. The number of aryl methyl sites for hydroxylation is 1. The molecule has 1 saturated carbocycles. The molecule has 1 fully saturated rings. The maximum absolute atomic E-state index is 12.5. The average Bonchev–Trinajstić information content (AvgIpc) is 3.02. The molecule has 0 unspecified atom stereocenters. The summed E-state index contributed by atoms with van der Waals surface area (Å²) in [6, 6.07) is 2.02. The van der Waals surface area contributed by atoms with Gasteiger partial charge >= 0.3 is 0 Å². The van der Waals surface area contributed by atoms with Crippen LogP contribution in [0.5, 0.6) is 0 Å². The van der Waals surface area contributed by atoms with Gasteiger partial charge in [0.25, 0.3) is 5.91 Å². The van der Waals surface area contributed by atoms with Crippen LogP contribution in [0.3, 0.4) is 0 Å². The summed E-state index contributed by atoms with van der Waals surface area (Å²) in [5.74, 6) is 0.881. The van der Waals surface area contributed by atoms with Crippen molar-refractivity contribution in [3.63, 3.8) is 0 Å². The number of aromatic nitrogens is 2. The molecule has 0 spiro atoms. The smallest absolute Gasteiger partial charge is 0.258 e. The standard InChI is InChI=1S/C13H14BrN3O2/c1-16-6-5-15-11(16)8-17(9-2-3-9)13(18)10-4-7-19-12(10)14/h4-7,9H,2-3,8H2,1H3. The number of carbonyl (C=O) groups excluding carboxylic acids is 1. The Labute approximate surface area is 119 Å². The topological polar surface area (TPSA) is 51.3 Å². The highest BCUT2D eigenvalue weighted by atomic mass is 79.9. The first-order valence-electron chi connectivity index (χ1n) is 6.17. The number of carbonyl (C=O) groups is 1. The lowest BCUT2D eigenvalue weighted by Crippen LogP contribution is -2.33. The van der Waals surface area contributed by atoms with Gasteiger partial charge in [0.05, 0.1) is 18.4 Å². The Morgan fingerprint density at radius 3 is 2.95 bits per heavy atom. The number of imidazole rings is 1. The van der Waals surface area contributed by atoms with Crippen LogP contribution in [-0.2, 0) is 13.6 Å². The van der Waals surface area contributed by atoms with Crippen LogP contribution in [0.25, 0.3) is 0 Å². The molecule has 0 N–H and O–H groups in total. The van der Waals surface area contributed by atoms with Crippen LogP contribution in [-0.4, -0.2) is 26.4 Å². The molecule has 100 valence electrons. The number of halogens is 1. The van der Waals surface area contributed by atoms with Crippen molar-refractivity contribution in [3.05, 3.63) is 40.8 Å². The van der Waals surface area contributed by atoms with Gasteiger partial charge in [0, 0.05) is 25.5 Å². The van der Waals surface area contributed by atoms with Gasteiger partial charge in [-0.15, -0.1) is 0 Å². The molecule has 2 aromatic heterocycles. The lowest BCUT2D eigenvalue weighted by Gasteiger charge is -2.21. The zero-order chi connectivity index (χ0) is 13.4. The molecule has 0 bridgehead atoms. The maximum Gasteiger partial charge on any atom is 0.258 e. The van der Waals surface area contributed by atoms with Crippen molar-refractivity contribution >= 4 is 21.8 Å². The first-order chi connectivity index (χ1) is 9.16. The quantitative estimate of drug-likeness (QED) is 0.869. The summed E-state index contributed by atoms with van der Waals surface area (Å²) in [4.78, 5) is 18.7. The summed E-state index contributed by atoms with van der Waals surface area (Å²) in [7, 11) is 1.94. The van der Waals surface area contributed by atoms with Crippen molar-refractivity contribution < 1.29 is 9.21 Å². The lowest BCUT2D eigenvalue weighted by molar-refractivity contribution is 0.0722. The van der Waals surface area contributed by atoms with Crippen LogP contribution in [0.2, 0.25) is 0 Å². The van der Waals surface area contributed by atoms with E-state index in [4.69, 9.17) is 4.42 Å². The summed E-state index contributed by atoms with van der Waals surface area (Å²) in [6.45, 7) is 0.532. The molecule has 1 aliphatic carbocycles. The number of furan rings is 1. The predicted molar refractivity (Wildman–Crippen MR) is 72.5 cm³/mol.